The van der Waals surface area contributed by atoms with E-state index < -0.39 is 39.9 Å². The Morgan fingerprint density at radius 1 is 1.06 bits per heavy atom. The molecular weight excluding hydrogens is 675 g/mol. The first-order valence-corrected chi connectivity index (χ1v) is 18.0. The van der Waals surface area contributed by atoms with Crippen molar-refractivity contribution in [2.24, 2.45) is 5.92 Å². The first-order chi connectivity index (χ1) is 23.3. The molecule has 3 aromatic carbocycles. The fourth-order valence-corrected chi connectivity index (χ4v) is 6.74. The predicted octanol–water partition coefficient (Wildman–Crippen LogP) is 6.24. The third-order valence-corrected chi connectivity index (χ3v) is 10.5. The van der Waals surface area contributed by atoms with E-state index in [2.05, 4.69) is 10.6 Å². The number of rotatable bonds is 8. The molecule has 0 aliphatic carbocycles. The van der Waals surface area contributed by atoms with Crippen molar-refractivity contribution in [1.29, 1.82) is 0 Å². The molecule has 3 N–H and O–H groups in total. The van der Waals surface area contributed by atoms with Gasteiger partial charge in [-0.1, -0.05) is 18.5 Å². The number of sulfonamides is 1. The van der Waals surface area contributed by atoms with Crippen LogP contribution in [-0.2, 0) is 14.8 Å². The van der Waals surface area contributed by atoms with E-state index in [0.717, 1.165) is 6.42 Å². The van der Waals surface area contributed by atoms with Crippen LogP contribution in [0.15, 0.2) is 71.6 Å². The van der Waals surface area contributed by atoms with Crippen LogP contribution in [0.25, 0.3) is 0 Å². The Bertz CT molecular complexity index is 1680. The Labute approximate surface area is 292 Å². The van der Waals surface area contributed by atoms with Crippen molar-refractivity contribution in [3.8, 4) is 5.75 Å². The fourth-order valence-electron chi connectivity index (χ4n) is 5.43. The highest BCUT2D eigenvalue weighted by Gasteiger charge is 2.32. The van der Waals surface area contributed by atoms with Gasteiger partial charge < -0.3 is 30.1 Å². The number of amides is 3. The highest BCUT2D eigenvalue weighted by molar-refractivity contribution is 7.89. The van der Waals surface area contributed by atoms with Crippen LogP contribution in [0.2, 0.25) is 5.02 Å². The molecule has 0 fully saturated rings. The first kappa shape index (κ1) is 38.1. The number of hydrogen-bond acceptors (Lipinski definition) is 7. The van der Waals surface area contributed by atoms with Crippen molar-refractivity contribution >= 4 is 44.9 Å². The van der Waals surface area contributed by atoms with E-state index in [-0.39, 0.29) is 42.2 Å². The van der Waals surface area contributed by atoms with Gasteiger partial charge in [0.25, 0.3) is 5.91 Å². The number of halogens is 2. The van der Waals surface area contributed by atoms with E-state index in [1.807, 2.05) is 13.8 Å². The number of aliphatic hydroxyl groups is 1. The molecule has 0 saturated carbocycles. The van der Waals surface area contributed by atoms with Crippen molar-refractivity contribution in [2.75, 3.05) is 44.0 Å². The molecule has 0 unspecified atom stereocenters. The number of benzene rings is 3. The summed E-state index contributed by atoms with van der Waals surface area (Å²) in [6.45, 7) is 5.68. The Balaban J connectivity index is 1.62. The molecule has 49 heavy (non-hydrogen) atoms. The van der Waals surface area contributed by atoms with Crippen LogP contribution >= 0.6 is 11.6 Å². The molecule has 1 aliphatic rings. The lowest BCUT2D eigenvalue weighted by Crippen LogP contribution is -2.48. The van der Waals surface area contributed by atoms with Crippen LogP contribution in [0.5, 0.6) is 5.75 Å². The zero-order valence-corrected chi connectivity index (χ0v) is 29.6. The second-order valence-corrected chi connectivity index (χ2v) is 14.8. The molecular formula is C35H44ClFN4O7S. The highest BCUT2D eigenvalue weighted by Crippen LogP contribution is 2.29. The maximum Gasteiger partial charge on any atom is 0.323 e. The quantitative estimate of drug-likeness (QED) is 0.251. The average Bonchev–Trinajstić information content (AvgIpc) is 3.07. The van der Waals surface area contributed by atoms with Gasteiger partial charge >= 0.3 is 6.03 Å². The number of nitrogens with one attached hydrogen (secondary N) is 2. The van der Waals surface area contributed by atoms with Crippen molar-refractivity contribution in [2.45, 2.75) is 63.2 Å². The molecule has 14 heteroatoms. The van der Waals surface area contributed by atoms with Crippen molar-refractivity contribution in [3.63, 3.8) is 0 Å². The topological polar surface area (TPSA) is 138 Å². The van der Waals surface area contributed by atoms with E-state index >= 15 is 0 Å². The summed E-state index contributed by atoms with van der Waals surface area (Å²) in [4.78, 5) is 28.7. The van der Waals surface area contributed by atoms with Crippen LogP contribution in [0, 0.1) is 11.7 Å². The molecule has 0 saturated heterocycles. The van der Waals surface area contributed by atoms with E-state index in [1.54, 1.807) is 19.1 Å². The smallest absolute Gasteiger partial charge is 0.323 e. The SMILES string of the molecule is C[C@H](CO)N1C[C@H](C)[C@H](CN(C)S(=O)(=O)c2ccc(Cl)cc2)OCCCC[C@H](C)Oc2ccc(NC(=O)Nc3ccc(F)cc3)cc2C1=O. The molecule has 3 amide bonds. The van der Waals surface area contributed by atoms with Crippen molar-refractivity contribution in [3.05, 3.63) is 83.1 Å². The van der Waals surface area contributed by atoms with Gasteiger partial charge in [-0.3, -0.25) is 4.79 Å². The number of aliphatic hydroxyl groups excluding tert-OH is 1. The molecule has 266 valence electrons. The Morgan fingerprint density at radius 2 is 1.71 bits per heavy atom. The van der Waals surface area contributed by atoms with E-state index in [9.17, 15) is 27.5 Å². The summed E-state index contributed by atoms with van der Waals surface area (Å²) in [7, 11) is -2.38. The average molecular weight is 719 g/mol. The standard InChI is InChI=1S/C35H44ClFN4O7S/c1-23-20-41(24(2)22-42)34(43)31-19-29(39-35(44)38-28-12-10-27(37)11-13-28)14-17-32(31)48-25(3)7-5-6-18-47-33(23)21-40(4)49(45,46)30-15-8-26(36)9-16-30/h8-17,19,23-25,33,42H,5-7,18,20-22H2,1-4H3,(H2,38,39,44)/t23-,24+,25-,33-/m0/s1. The predicted molar refractivity (Wildman–Crippen MR) is 187 cm³/mol. The van der Waals surface area contributed by atoms with Crippen molar-refractivity contribution in [1.82, 2.24) is 9.21 Å². The number of carbonyl (C=O) groups is 2. The molecule has 4 rings (SSSR count). The number of carbonyl (C=O) groups excluding carboxylic acids is 2. The van der Waals surface area contributed by atoms with Gasteiger partial charge in [-0.2, -0.15) is 4.31 Å². The number of likely N-dealkylation sites (N-methyl/N-ethyl adjacent to an activating group) is 1. The maximum atomic E-state index is 14.3. The minimum atomic E-state index is -3.87. The fraction of sp³-hybridized carbons (Fsp3) is 0.429. The Morgan fingerprint density at radius 3 is 2.39 bits per heavy atom. The number of urea groups is 1. The molecule has 0 radical (unpaired) electrons. The summed E-state index contributed by atoms with van der Waals surface area (Å²) in [5.41, 5.74) is 0.866. The molecule has 3 aromatic rings. The molecule has 0 spiro atoms. The van der Waals surface area contributed by atoms with Crippen LogP contribution in [0.4, 0.5) is 20.6 Å². The molecule has 1 heterocycles. The monoisotopic (exact) mass is 718 g/mol. The number of ether oxygens (including phenoxy) is 2. The van der Waals surface area contributed by atoms with E-state index in [4.69, 9.17) is 21.1 Å². The minimum absolute atomic E-state index is 0.0228. The lowest BCUT2D eigenvalue weighted by atomic mass is 10.0. The van der Waals surface area contributed by atoms with Gasteiger partial charge in [0.1, 0.15) is 11.6 Å². The van der Waals surface area contributed by atoms with Gasteiger partial charge in [0.05, 0.1) is 35.3 Å². The molecule has 0 bridgehead atoms. The zero-order valence-electron chi connectivity index (χ0n) is 28.1. The second-order valence-electron chi connectivity index (χ2n) is 12.3. The lowest BCUT2D eigenvalue weighted by molar-refractivity contribution is -0.00833. The summed E-state index contributed by atoms with van der Waals surface area (Å²) in [5.74, 6) is -0.928. The maximum absolute atomic E-state index is 14.3. The third kappa shape index (κ3) is 10.4. The van der Waals surface area contributed by atoms with Gasteiger partial charge in [0.2, 0.25) is 10.0 Å². The van der Waals surface area contributed by atoms with Crippen molar-refractivity contribution < 1.29 is 37.0 Å². The number of anilines is 2. The number of hydrogen-bond donors (Lipinski definition) is 3. The molecule has 0 aromatic heterocycles. The molecule has 11 nitrogen and oxygen atoms in total. The highest BCUT2D eigenvalue weighted by atomic mass is 35.5. The van der Waals surface area contributed by atoms with Gasteiger partial charge in [0.15, 0.2) is 0 Å². The van der Waals surface area contributed by atoms with Crippen LogP contribution in [0.1, 0.15) is 50.4 Å². The van der Waals surface area contributed by atoms with E-state index in [1.165, 1.54) is 70.9 Å². The largest absolute Gasteiger partial charge is 0.490 e. The second kappa shape index (κ2) is 17.3. The summed E-state index contributed by atoms with van der Waals surface area (Å²) in [6.07, 6.45) is 1.29. The summed E-state index contributed by atoms with van der Waals surface area (Å²) < 4.78 is 53.9. The Hall–Kier alpha value is -3.75. The van der Waals surface area contributed by atoms with Gasteiger partial charge in [-0.25, -0.2) is 17.6 Å². The van der Waals surface area contributed by atoms with Gasteiger partial charge in [-0.05, 0) is 99.8 Å². The number of nitrogens with zero attached hydrogens (tertiary/aromatic N) is 2. The first-order valence-electron chi connectivity index (χ1n) is 16.2. The zero-order chi connectivity index (χ0) is 35.7. The minimum Gasteiger partial charge on any atom is -0.490 e. The van der Waals surface area contributed by atoms with Gasteiger partial charge in [-0.15, -0.1) is 0 Å². The van der Waals surface area contributed by atoms with Crippen LogP contribution < -0.4 is 15.4 Å². The normalized spacial score (nSPS) is 20.1. The number of fused-ring (bicyclic) bond motifs is 1. The molecule has 4 atom stereocenters. The third-order valence-electron chi connectivity index (χ3n) is 8.37. The van der Waals surface area contributed by atoms with Crippen LogP contribution in [0.3, 0.4) is 0 Å². The molecule has 1 aliphatic heterocycles. The lowest BCUT2D eigenvalue weighted by Gasteiger charge is -2.35. The summed E-state index contributed by atoms with van der Waals surface area (Å²) in [6, 6.07) is 14.8. The van der Waals surface area contributed by atoms with E-state index in [0.29, 0.717) is 41.6 Å². The van der Waals surface area contributed by atoms with Gasteiger partial charge in [0, 0.05) is 49.1 Å². The summed E-state index contributed by atoms with van der Waals surface area (Å²) in [5, 5.41) is 16.0. The Kier molecular flexibility index (Phi) is 13.4. The van der Waals surface area contributed by atoms with Crippen LogP contribution in [-0.4, -0.2) is 86.3 Å². The summed E-state index contributed by atoms with van der Waals surface area (Å²) >= 11 is 5.98.